The average Bonchev–Trinajstić information content (AvgIpc) is 3.10. The number of aromatic nitrogens is 2. The molecule has 0 aliphatic carbocycles. The summed E-state index contributed by atoms with van der Waals surface area (Å²) < 4.78 is 38.9. The van der Waals surface area contributed by atoms with Gasteiger partial charge in [-0.15, -0.1) is 11.8 Å². The van der Waals surface area contributed by atoms with Crippen molar-refractivity contribution in [1.82, 2.24) is 9.97 Å². The van der Waals surface area contributed by atoms with E-state index in [0.717, 1.165) is 39.6 Å². The third kappa shape index (κ3) is 4.03. The summed E-state index contributed by atoms with van der Waals surface area (Å²) >= 11 is 7.53. The van der Waals surface area contributed by atoms with Gasteiger partial charge in [-0.25, -0.2) is 0 Å². The molecule has 7 heteroatoms. The number of H-pyrrole nitrogens is 1. The number of aromatic amines is 1. The lowest BCUT2D eigenvalue weighted by molar-refractivity contribution is -0.137. The van der Waals surface area contributed by atoms with E-state index in [2.05, 4.69) is 9.97 Å². The molecule has 0 bridgehead atoms. The van der Waals surface area contributed by atoms with Crippen LogP contribution < -0.4 is 0 Å². The summed E-state index contributed by atoms with van der Waals surface area (Å²) in [5, 5.41) is 1.21. The highest BCUT2D eigenvalue weighted by molar-refractivity contribution is 7.98. The summed E-state index contributed by atoms with van der Waals surface area (Å²) in [6.45, 7) is 0. The molecule has 0 radical (unpaired) electrons. The number of hydrogen-bond donors (Lipinski definition) is 1. The largest absolute Gasteiger partial charge is 0.416 e. The maximum absolute atomic E-state index is 13.0. The van der Waals surface area contributed by atoms with Crippen LogP contribution in [0.1, 0.15) is 11.1 Å². The second kappa shape index (κ2) is 7.53. The van der Waals surface area contributed by atoms with E-state index in [1.807, 2.05) is 30.3 Å². The van der Waals surface area contributed by atoms with Gasteiger partial charge in [0.05, 0.1) is 5.56 Å². The van der Waals surface area contributed by atoms with Crippen molar-refractivity contribution in [3.8, 4) is 11.3 Å². The van der Waals surface area contributed by atoms with Crippen LogP contribution in [0.3, 0.4) is 0 Å². The first-order valence-electron chi connectivity index (χ1n) is 8.42. The van der Waals surface area contributed by atoms with Gasteiger partial charge in [0.25, 0.3) is 0 Å². The van der Waals surface area contributed by atoms with E-state index in [0.29, 0.717) is 15.9 Å². The minimum Gasteiger partial charge on any atom is -0.354 e. The second-order valence-electron chi connectivity index (χ2n) is 6.27. The molecule has 4 aromatic rings. The van der Waals surface area contributed by atoms with Crippen LogP contribution in [0.15, 0.2) is 71.9 Å². The van der Waals surface area contributed by atoms with Crippen LogP contribution in [-0.4, -0.2) is 9.97 Å². The molecule has 0 saturated carbocycles. The highest BCUT2D eigenvalue weighted by Crippen LogP contribution is 2.36. The molecule has 0 spiro atoms. The fraction of sp³-hybridized carbons (Fsp3) is 0.0952. The van der Waals surface area contributed by atoms with Crippen LogP contribution in [0, 0.1) is 0 Å². The first-order chi connectivity index (χ1) is 13.4. The maximum Gasteiger partial charge on any atom is 0.416 e. The van der Waals surface area contributed by atoms with E-state index in [9.17, 15) is 13.2 Å². The Hall–Kier alpha value is -2.44. The molecule has 2 nitrogen and oxygen atoms in total. The third-order valence-corrected chi connectivity index (χ3v) is 5.70. The number of hydrogen-bond acceptors (Lipinski definition) is 2. The van der Waals surface area contributed by atoms with Crippen molar-refractivity contribution in [3.63, 3.8) is 0 Å². The molecule has 0 aliphatic heterocycles. The molecule has 0 amide bonds. The molecule has 0 aliphatic rings. The van der Waals surface area contributed by atoms with Crippen molar-refractivity contribution < 1.29 is 13.2 Å². The van der Waals surface area contributed by atoms with E-state index < -0.39 is 11.7 Å². The van der Waals surface area contributed by atoms with Gasteiger partial charge in [0.15, 0.2) is 0 Å². The minimum absolute atomic E-state index is 0.523. The number of fused-ring (bicyclic) bond motifs is 1. The monoisotopic (exact) mass is 418 g/mol. The van der Waals surface area contributed by atoms with Gasteiger partial charge in [0, 0.05) is 50.2 Å². The lowest BCUT2D eigenvalue weighted by Crippen LogP contribution is -2.03. The lowest BCUT2D eigenvalue weighted by atomic mass is 10.1. The Kier molecular flexibility index (Phi) is 5.08. The average molecular weight is 419 g/mol. The number of alkyl halides is 3. The van der Waals surface area contributed by atoms with E-state index in [1.165, 1.54) is 6.07 Å². The molecule has 2 aromatic heterocycles. The predicted molar refractivity (Wildman–Crippen MR) is 108 cm³/mol. The van der Waals surface area contributed by atoms with Crippen LogP contribution in [0.4, 0.5) is 13.2 Å². The van der Waals surface area contributed by atoms with Crippen molar-refractivity contribution in [2.75, 3.05) is 0 Å². The molecule has 28 heavy (non-hydrogen) atoms. The number of benzene rings is 2. The van der Waals surface area contributed by atoms with Gasteiger partial charge in [-0.05, 0) is 48.0 Å². The summed E-state index contributed by atoms with van der Waals surface area (Å²) in [7, 11) is 0. The normalized spacial score (nSPS) is 11.9. The number of nitrogens with zero attached hydrogens (tertiary/aromatic N) is 1. The standard InChI is InChI=1S/C21H14ClF3N2S/c22-16-4-1-13(2-5-16)12-28-20-11-26-8-7-17(20)19-10-14-9-15(21(23,24)25)3-6-18(14)27-19/h1-11,27H,12H2. The maximum atomic E-state index is 13.0. The molecule has 0 fully saturated rings. The molecule has 4 rings (SSSR count). The fourth-order valence-electron chi connectivity index (χ4n) is 2.91. The molecule has 0 unspecified atom stereocenters. The Bertz CT molecular complexity index is 1120. The van der Waals surface area contributed by atoms with Gasteiger partial charge >= 0.3 is 6.18 Å². The van der Waals surface area contributed by atoms with Gasteiger partial charge in [-0.3, -0.25) is 4.98 Å². The highest BCUT2D eigenvalue weighted by atomic mass is 35.5. The summed E-state index contributed by atoms with van der Waals surface area (Å²) in [5.41, 5.74) is 2.79. The van der Waals surface area contributed by atoms with Crippen LogP contribution in [0.2, 0.25) is 5.02 Å². The SMILES string of the molecule is FC(F)(F)c1ccc2[nH]c(-c3ccncc3SCc3ccc(Cl)cc3)cc2c1. The Morgan fingerprint density at radius 2 is 1.79 bits per heavy atom. The first kappa shape index (κ1) is 18.9. The van der Waals surface area contributed by atoms with E-state index in [-0.39, 0.29) is 0 Å². The molecule has 0 saturated heterocycles. The number of pyridine rings is 1. The molecule has 2 heterocycles. The molecule has 0 atom stereocenters. The van der Waals surface area contributed by atoms with Crippen LogP contribution in [0.25, 0.3) is 22.2 Å². The summed E-state index contributed by atoms with van der Waals surface area (Å²) in [4.78, 5) is 8.35. The highest BCUT2D eigenvalue weighted by Gasteiger charge is 2.30. The molecule has 2 aromatic carbocycles. The summed E-state index contributed by atoms with van der Waals surface area (Å²) in [6.07, 6.45) is -0.918. The van der Waals surface area contributed by atoms with Crippen molar-refractivity contribution in [2.45, 2.75) is 16.8 Å². The minimum atomic E-state index is -4.36. The summed E-state index contributed by atoms with van der Waals surface area (Å²) in [5.74, 6) is 0.730. The van der Waals surface area contributed by atoms with Gasteiger partial charge in [-0.2, -0.15) is 13.2 Å². The molecule has 142 valence electrons. The number of rotatable bonds is 4. The Balaban J connectivity index is 1.64. The van der Waals surface area contributed by atoms with E-state index >= 15 is 0 Å². The second-order valence-corrected chi connectivity index (χ2v) is 7.72. The van der Waals surface area contributed by atoms with Gasteiger partial charge in [0.2, 0.25) is 0 Å². The zero-order chi connectivity index (χ0) is 19.7. The van der Waals surface area contributed by atoms with Crippen molar-refractivity contribution in [1.29, 1.82) is 0 Å². The van der Waals surface area contributed by atoms with Crippen molar-refractivity contribution >= 4 is 34.3 Å². The molecular formula is C21H14ClF3N2S. The zero-order valence-electron chi connectivity index (χ0n) is 14.4. The van der Waals surface area contributed by atoms with Crippen LogP contribution in [0.5, 0.6) is 0 Å². The Labute approximate surface area is 168 Å². The van der Waals surface area contributed by atoms with Gasteiger partial charge in [0.1, 0.15) is 0 Å². The zero-order valence-corrected chi connectivity index (χ0v) is 16.0. The Morgan fingerprint density at radius 1 is 1.00 bits per heavy atom. The third-order valence-electron chi connectivity index (χ3n) is 4.33. The van der Waals surface area contributed by atoms with E-state index in [4.69, 9.17) is 11.6 Å². The molecule has 1 N–H and O–H groups in total. The van der Waals surface area contributed by atoms with Crippen molar-refractivity contribution in [3.05, 3.63) is 83.1 Å². The number of thioether (sulfide) groups is 1. The van der Waals surface area contributed by atoms with E-state index in [1.54, 1.807) is 30.2 Å². The number of halogens is 4. The van der Waals surface area contributed by atoms with Crippen LogP contribution in [-0.2, 0) is 11.9 Å². The molecular weight excluding hydrogens is 405 g/mol. The topological polar surface area (TPSA) is 28.7 Å². The Morgan fingerprint density at radius 3 is 2.54 bits per heavy atom. The fourth-order valence-corrected chi connectivity index (χ4v) is 4.02. The number of nitrogens with one attached hydrogen (secondary N) is 1. The van der Waals surface area contributed by atoms with Gasteiger partial charge in [-0.1, -0.05) is 23.7 Å². The predicted octanol–water partition coefficient (Wildman–Crippen LogP) is 7.19. The first-order valence-corrected chi connectivity index (χ1v) is 9.78. The smallest absolute Gasteiger partial charge is 0.354 e. The van der Waals surface area contributed by atoms with Gasteiger partial charge < -0.3 is 4.98 Å². The summed E-state index contributed by atoms with van der Waals surface area (Å²) in [6, 6.07) is 14.9. The van der Waals surface area contributed by atoms with Crippen molar-refractivity contribution in [2.24, 2.45) is 0 Å². The van der Waals surface area contributed by atoms with Crippen LogP contribution >= 0.6 is 23.4 Å². The quantitative estimate of drug-likeness (QED) is 0.355. The lowest BCUT2D eigenvalue weighted by Gasteiger charge is -2.07.